The van der Waals surface area contributed by atoms with Gasteiger partial charge in [-0.3, -0.25) is 0 Å². The van der Waals surface area contributed by atoms with E-state index in [0.29, 0.717) is 24.1 Å². The van der Waals surface area contributed by atoms with Gasteiger partial charge < -0.3 is 14.4 Å². The van der Waals surface area contributed by atoms with Gasteiger partial charge in [-0.05, 0) is 41.5 Å². The summed E-state index contributed by atoms with van der Waals surface area (Å²) in [7, 11) is 0. The van der Waals surface area contributed by atoms with Crippen molar-refractivity contribution in [2.75, 3.05) is 0 Å². The van der Waals surface area contributed by atoms with Crippen molar-refractivity contribution in [2.24, 2.45) is 0 Å². The Kier molecular flexibility index (Phi) is 4.81. The van der Waals surface area contributed by atoms with E-state index in [1.807, 2.05) is 54.6 Å². The van der Waals surface area contributed by atoms with E-state index < -0.39 is 11.8 Å². The van der Waals surface area contributed by atoms with Gasteiger partial charge in [-0.15, -0.1) is 0 Å². The molecule has 0 radical (unpaired) electrons. The molecular weight excluding hydrogens is 357 g/mol. The van der Waals surface area contributed by atoms with E-state index in [4.69, 9.17) is 4.74 Å². The first-order valence-corrected chi connectivity index (χ1v) is 8.88. The molecule has 4 aromatic rings. The quantitative estimate of drug-likeness (QED) is 0.510. The number of carboxylic acid groups (broad SMARTS) is 1. The number of halogens is 1. The zero-order chi connectivity index (χ0) is 19.5. The molecule has 0 saturated heterocycles. The number of benzene rings is 3. The van der Waals surface area contributed by atoms with Crippen LogP contribution in [0.15, 0.2) is 79.0 Å². The van der Waals surface area contributed by atoms with Gasteiger partial charge in [0.15, 0.2) is 0 Å². The van der Waals surface area contributed by atoms with Crippen LogP contribution in [0.3, 0.4) is 0 Å². The smallest absolute Gasteiger partial charge is 0.337 e. The first-order valence-electron chi connectivity index (χ1n) is 8.88. The van der Waals surface area contributed by atoms with Crippen molar-refractivity contribution >= 4 is 16.9 Å². The topological polar surface area (TPSA) is 51.5 Å². The number of ether oxygens (including phenoxy) is 1. The SMILES string of the molecule is O=C(O)c1ccc(F)c2ccn(Cc3ccc(OCc4ccccc4)cc3)c12. The Labute approximate surface area is 161 Å². The molecule has 1 N–H and O–H groups in total. The minimum atomic E-state index is -1.07. The van der Waals surface area contributed by atoms with Crippen LogP contribution in [0, 0.1) is 5.82 Å². The van der Waals surface area contributed by atoms with Gasteiger partial charge in [0.05, 0.1) is 11.1 Å². The lowest BCUT2D eigenvalue weighted by molar-refractivity contribution is 0.0698. The standard InChI is InChI=1S/C23H18FNO3/c24-21-11-10-20(23(26)27)22-19(21)12-13-25(22)14-16-6-8-18(9-7-16)28-15-17-4-2-1-3-5-17/h1-13H,14-15H2,(H,26,27). The summed E-state index contributed by atoms with van der Waals surface area (Å²) in [5.74, 6) is -0.750. The van der Waals surface area contributed by atoms with Crippen molar-refractivity contribution in [2.45, 2.75) is 13.2 Å². The third-order valence-electron chi connectivity index (χ3n) is 4.63. The van der Waals surface area contributed by atoms with Gasteiger partial charge in [0.2, 0.25) is 0 Å². The zero-order valence-electron chi connectivity index (χ0n) is 15.0. The normalized spacial score (nSPS) is 10.9. The maximum absolute atomic E-state index is 14.0. The molecular formula is C23H18FNO3. The third-order valence-corrected chi connectivity index (χ3v) is 4.63. The van der Waals surface area contributed by atoms with E-state index in [2.05, 4.69) is 0 Å². The van der Waals surface area contributed by atoms with E-state index >= 15 is 0 Å². The molecule has 1 heterocycles. The molecule has 28 heavy (non-hydrogen) atoms. The summed E-state index contributed by atoms with van der Waals surface area (Å²) in [6.45, 7) is 0.926. The lowest BCUT2D eigenvalue weighted by Gasteiger charge is -2.10. The van der Waals surface area contributed by atoms with Gasteiger partial charge in [0, 0.05) is 18.1 Å². The van der Waals surface area contributed by atoms with E-state index in [0.717, 1.165) is 16.9 Å². The molecule has 0 fully saturated rings. The Morgan fingerprint density at radius 1 is 0.929 bits per heavy atom. The average molecular weight is 375 g/mol. The first-order chi connectivity index (χ1) is 13.6. The van der Waals surface area contributed by atoms with Crippen LogP contribution in [-0.4, -0.2) is 15.6 Å². The number of carbonyl (C=O) groups is 1. The van der Waals surface area contributed by atoms with Crippen LogP contribution in [0.4, 0.5) is 4.39 Å². The summed E-state index contributed by atoms with van der Waals surface area (Å²) < 4.78 is 21.6. The predicted molar refractivity (Wildman–Crippen MR) is 105 cm³/mol. The fraction of sp³-hybridized carbons (Fsp3) is 0.0870. The van der Waals surface area contributed by atoms with Crippen molar-refractivity contribution in [1.29, 1.82) is 0 Å². The molecule has 1 aromatic heterocycles. The predicted octanol–water partition coefficient (Wildman–Crippen LogP) is 5.11. The molecule has 0 aliphatic carbocycles. The molecule has 0 amide bonds. The molecule has 0 unspecified atom stereocenters. The summed E-state index contributed by atoms with van der Waals surface area (Å²) in [4.78, 5) is 11.5. The Morgan fingerprint density at radius 2 is 1.68 bits per heavy atom. The molecule has 0 saturated carbocycles. The number of carboxylic acids is 1. The average Bonchev–Trinajstić information content (AvgIpc) is 3.13. The molecule has 0 atom stereocenters. The largest absolute Gasteiger partial charge is 0.489 e. The molecule has 0 spiro atoms. The summed E-state index contributed by atoms with van der Waals surface area (Å²) in [5, 5.41) is 9.73. The van der Waals surface area contributed by atoms with Crippen LogP contribution < -0.4 is 4.74 Å². The zero-order valence-corrected chi connectivity index (χ0v) is 15.0. The fourth-order valence-corrected chi connectivity index (χ4v) is 3.22. The third kappa shape index (κ3) is 3.60. The maximum atomic E-state index is 14.0. The summed E-state index contributed by atoms with van der Waals surface area (Å²) in [6.07, 6.45) is 1.71. The Balaban J connectivity index is 1.53. The van der Waals surface area contributed by atoms with Gasteiger partial charge in [-0.25, -0.2) is 9.18 Å². The molecule has 4 nitrogen and oxygen atoms in total. The highest BCUT2D eigenvalue weighted by Gasteiger charge is 2.15. The summed E-state index contributed by atoms with van der Waals surface area (Å²) in [6, 6.07) is 21.6. The second-order valence-corrected chi connectivity index (χ2v) is 6.52. The molecule has 4 rings (SSSR count). The van der Waals surface area contributed by atoms with Crippen LogP contribution in [-0.2, 0) is 13.2 Å². The maximum Gasteiger partial charge on any atom is 0.337 e. The van der Waals surface area contributed by atoms with Crippen molar-refractivity contribution in [3.63, 3.8) is 0 Å². The van der Waals surface area contributed by atoms with Gasteiger partial charge in [0.1, 0.15) is 18.2 Å². The van der Waals surface area contributed by atoms with E-state index in [1.165, 1.54) is 12.1 Å². The van der Waals surface area contributed by atoms with Gasteiger partial charge in [0.25, 0.3) is 0 Å². The molecule has 0 aliphatic heterocycles. The minimum Gasteiger partial charge on any atom is -0.489 e. The Hall–Kier alpha value is -3.60. The van der Waals surface area contributed by atoms with Crippen LogP contribution >= 0.6 is 0 Å². The number of hydrogen-bond donors (Lipinski definition) is 1. The molecule has 140 valence electrons. The number of hydrogen-bond acceptors (Lipinski definition) is 2. The molecule has 0 bridgehead atoms. The van der Waals surface area contributed by atoms with E-state index in [1.54, 1.807) is 16.8 Å². The highest BCUT2D eigenvalue weighted by molar-refractivity contribution is 6.02. The second-order valence-electron chi connectivity index (χ2n) is 6.52. The van der Waals surface area contributed by atoms with E-state index in [-0.39, 0.29) is 5.56 Å². The van der Waals surface area contributed by atoms with Crippen molar-refractivity contribution in [3.8, 4) is 5.75 Å². The molecule has 5 heteroatoms. The summed E-state index contributed by atoms with van der Waals surface area (Å²) in [5.41, 5.74) is 2.53. The second kappa shape index (κ2) is 7.56. The highest BCUT2D eigenvalue weighted by Crippen LogP contribution is 2.25. The van der Waals surface area contributed by atoms with Crippen LogP contribution in [0.2, 0.25) is 0 Å². The van der Waals surface area contributed by atoms with Crippen LogP contribution in [0.1, 0.15) is 21.5 Å². The summed E-state index contributed by atoms with van der Waals surface area (Å²) >= 11 is 0. The lowest BCUT2D eigenvalue weighted by Crippen LogP contribution is -2.05. The number of aromatic nitrogens is 1. The number of fused-ring (bicyclic) bond motifs is 1. The van der Waals surface area contributed by atoms with Gasteiger partial charge >= 0.3 is 5.97 Å². The van der Waals surface area contributed by atoms with Gasteiger partial charge in [-0.1, -0.05) is 42.5 Å². The van der Waals surface area contributed by atoms with Crippen molar-refractivity contribution < 1.29 is 19.0 Å². The van der Waals surface area contributed by atoms with E-state index in [9.17, 15) is 14.3 Å². The number of aromatic carboxylic acids is 1. The fourth-order valence-electron chi connectivity index (χ4n) is 3.22. The van der Waals surface area contributed by atoms with Crippen LogP contribution in [0.5, 0.6) is 5.75 Å². The van der Waals surface area contributed by atoms with Crippen molar-refractivity contribution in [3.05, 3.63) is 102 Å². The monoisotopic (exact) mass is 375 g/mol. The number of rotatable bonds is 6. The number of nitrogens with zero attached hydrogens (tertiary/aromatic N) is 1. The Morgan fingerprint density at radius 3 is 2.39 bits per heavy atom. The molecule has 0 aliphatic rings. The highest BCUT2D eigenvalue weighted by atomic mass is 19.1. The van der Waals surface area contributed by atoms with Crippen LogP contribution in [0.25, 0.3) is 10.9 Å². The molecule has 3 aromatic carbocycles. The Bertz CT molecular complexity index is 1120. The minimum absolute atomic E-state index is 0.0872. The lowest BCUT2D eigenvalue weighted by atomic mass is 10.1. The van der Waals surface area contributed by atoms with Crippen molar-refractivity contribution in [1.82, 2.24) is 4.57 Å². The first kappa shape index (κ1) is 17.8. The van der Waals surface area contributed by atoms with Gasteiger partial charge in [-0.2, -0.15) is 0 Å².